The molecule has 4 nitrogen and oxygen atoms in total. The van der Waals surface area contributed by atoms with E-state index in [2.05, 4.69) is 9.80 Å². The summed E-state index contributed by atoms with van der Waals surface area (Å²) in [5.74, 6) is 0. The Morgan fingerprint density at radius 1 is 0.500 bits per heavy atom. The molecule has 0 amide bonds. The van der Waals surface area contributed by atoms with Crippen molar-refractivity contribution in [2.24, 2.45) is 0 Å². The lowest BCUT2D eigenvalue weighted by Gasteiger charge is -2.41. The Kier molecular flexibility index (Phi) is 8.84. The minimum absolute atomic E-state index is 1.32. The summed E-state index contributed by atoms with van der Waals surface area (Å²) in [7, 11) is 12.0. The Morgan fingerprint density at radius 2 is 0.625 bits per heavy atom. The molecule has 3 aliphatic heterocycles. The molecule has 0 atom stereocenters. The monoisotopic (exact) mass is 230 g/mol. The van der Waals surface area contributed by atoms with Crippen molar-refractivity contribution in [1.82, 2.24) is 19.6 Å². The van der Waals surface area contributed by atoms with E-state index >= 15 is 0 Å². The zero-order valence-corrected chi connectivity index (χ0v) is 12.0. The van der Waals surface area contributed by atoms with Crippen LogP contribution in [0.2, 0.25) is 0 Å². The number of hydrogen-bond acceptors (Lipinski definition) is 4. The van der Waals surface area contributed by atoms with Gasteiger partial charge in [0.25, 0.3) is 0 Å². The van der Waals surface area contributed by atoms with Gasteiger partial charge in [0, 0.05) is 39.3 Å². The molecular weight excluding hydrogens is 200 g/mol. The molecule has 2 bridgehead atoms. The summed E-state index contributed by atoms with van der Waals surface area (Å²) in [4.78, 5) is 9.08. The van der Waals surface area contributed by atoms with Crippen molar-refractivity contribution >= 4 is 0 Å². The second kappa shape index (κ2) is 8.93. The summed E-state index contributed by atoms with van der Waals surface area (Å²) in [5, 5.41) is 0. The van der Waals surface area contributed by atoms with Gasteiger partial charge in [-0.05, 0) is 42.3 Å². The molecule has 3 heterocycles. The standard InChI is InChI=1S/C6H12N2.2C3H9N/c1-2-8-5-3-7(1)4-6-8;2*1-4(2)3/h1-6H2;2*1-3H3. The highest BCUT2D eigenvalue weighted by Gasteiger charge is 2.21. The van der Waals surface area contributed by atoms with E-state index < -0.39 is 0 Å². The predicted octanol–water partition coefficient (Wildman–Crippen LogP) is -0.0268. The molecule has 0 saturated carbocycles. The van der Waals surface area contributed by atoms with E-state index in [-0.39, 0.29) is 0 Å². The number of rotatable bonds is 0. The molecule has 0 aliphatic carbocycles. The number of fused-ring (bicyclic) bond motifs is 3. The van der Waals surface area contributed by atoms with Crippen molar-refractivity contribution in [2.45, 2.75) is 0 Å². The van der Waals surface area contributed by atoms with Gasteiger partial charge in [0.15, 0.2) is 0 Å². The van der Waals surface area contributed by atoms with Gasteiger partial charge in [-0.25, -0.2) is 0 Å². The molecule has 4 heteroatoms. The van der Waals surface area contributed by atoms with Crippen molar-refractivity contribution < 1.29 is 0 Å². The quantitative estimate of drug-likeness (QED) is 0.579. The van der Waals surface area contributed by atoms with Crippen LogP contribution in [0, 0.1) is 0 Å². The Bertz CT molecular complexity index is 117. The first-order valence-corrected chi connectivity index (χ1v) is 6.08. The third-order valence-corrected chi connectivity index (χ3v) is 2.20. The van der Waals surface area contributed by atoms with Crippen LogP contribution in [-0.4, -0.2) is 101 Å². The lowest BCUT2D eigenvalue weighted by molar-refractivity contribution is 0.0647. The molecule has 3 saturated heterocycles. The molecule has 0 unspecified atom stereocenters. The summed E-state index contributed by atoms with van der Waals surface area (Å²) in [6.45, 7) is 7.92. The maximum absolute atomic E-state index is 2.54. The van der Waals surface area contributed by atoms with Crippen LogP contribution < -0.4 is 0 Å². The molecule has 0 aromatic carbocycles. The summed E-state index contributed by atoms with van der Waals surface area (Å²) >= 11 is 0. The summed E-state index contributed by atoms with van der Waals surface area (Å²) < 4.78 is 0. The first-order valence-electron chi connectivity index (χ1n) is 6.08. The average Bonchev–Trinajstić information content (AvgIpc) is 2.19. The molecular formula is C12H30N4. The second-order valence-corrected chi connectivity index (χ2v) is 5.37. The highest BCUT2D eigenvalue weighted by molar-refractivity contribution is 4.78. The van der Waals surface area contributed by atoms with E-state index in [4.69, 9.17) is 0 Å². The van der Waals surface area contributed by atoms with Gasteiger partial charge in [-0.1, -0.05) is 0 Å². The maximum atomic E-state index is 2.54. The SMILES string of the molecule is C1CN2CCN1CC2.CN(C)C.CN(C)C. The zero-order chi connectivity index (χ0) is 12.6. The van der Waals surface area contributed by atoms with Crippen LogP contribution in [-0.2, 0) is 0 Å². The highest BCUT2D eigenvalue weighted by Crippen LogP contribution is 2.06. The van der Waals surface area contributed by atoms with E-state index in [0.29, 0.717) is 0 Å². The summed E-state index contributed by atoms with van der Waals surface area (Å²) in [6.07, 6.45) is 0. The fourth-order valence-electron chi connectivity index (χ4n) is 1.52. The molecule has 0 spiro atoms. The fourth-order valence-corrected chi connectivity index (χ4v) is 1.52. The number of hydrogen-bond donors (Lipinski definition) is 0. The summed E-state index contributed by atoms with van der Waals surface area (Å²) in [5.41, 5.74) is 0. The minimum Gasteiger partial charge on any atom is -0.312 e. The molecule has 3 fully saturated rings. The lowest BCUT2D eigenvalue weighted by Crippen LogP contribution is -2.55. The topological polar surface area (TPSA) is 13.0 Å². The first kappa shape index (κ1) is 15.8. The minimum atomic E-state index is 1.32. The van der Waals surface area contributed by atoms with Crippen molar-refractivity contribution in [3.63, 3.8) is 0 Å². The fraction of sp³-hybridized carbons (Fsp3) is 1.00. The molecule has 0 aromatic rings. The van der Waals surface area contributed by atoms with Crippen LogP contribution in [0.25, 0.3) is 0 Å². The first-order chi connectivity index (χ1) is 7.41. The number of nitrogens with zero attached hydrogens (tertiary/aromatic N) is 4. The van der Waals surface area contributed by atoms with Crippen molar-refractivity contribution in [3.05, 3.63) is 0 Å². The molecule has 98 valence electrons. The molecule has 0 aromatic heterocycles. The lowest BCUT2D eigenvalue weighted by atomic mass is 10.2. The van der Waals surface area contributed by atoms with Crippen LogP contribution >= 0.6 is 0 Å². The third kappa shape index (κ3) is 10.4. The second-order valence-electron chi connectivity index (χ2n) is 5.37. The Morgan fingerprint density at radius 3 is 0.688 bits per heavy atom. The van der Waals surface area contributed by atoms with Crippen molar-refractivity contribution in [1.29, 1.82) is 0 Å². The Balaban J connectivity index is 0.000000244. The smallest absolute Gasteiger partial charge is 0.0110 e. The van der Waals surface area contributed by atoms with Crippen molar-refractivity contribution in [3.8, 4) is 0 Å². The van der Waals surface area contributed by atoms with Gasteiger partial charge in [-0.15, -0.1) is 0 Å². The average molecular weight is 230 g/mol. The summed E-state index contributed by atoms with van der Waals surface area (Å²) in [6, 6.07) is 0. The Hall–Kier alpha value is -0.160. The van der Waals surface area contributed by atoms with E-state index in [9.17, 15) is 0 Å². The van der Waals surface area contributed by atoms with Gasteiger partial charge in [0.1, 0.15) is 0 Å². The molecule has 0 N–H and O–H groups in total. The van der Waals surface area contributed by atoms with Gasteiger partial charge in [-0.2, -0.15) is 0 Å². The third-order valence-electron chi connectivity index (χ3n) is 2.20. The van der Waals surface area contributed by atoms with Crippen LogP contribution in [0.4, 0.5) is 0 Å². The van der Waals surface area contributed by atoms with E-state index in [1.807, 2.05) is 52.1 Å². The molecule has 3 aliphatic rings. The van der Waals surface area contributed by atoms with Gasteiger partial charge < -0.3 is 9.80 Å². The van der Waals surface area contributed by atoms with E-state index in [0.717, 1.165) is 0 Å². The maximum Gasteiger partial charge on any atom is 0.0110 e. The normalized spacial score (nSPS) is 27.0. The largest absolute Gasteiger partial charge is 0.312 e. The van der Waals surface area contributed by atoms with Crippen LogP contribution in [0.5, 0.6) is 0 Å². The molecule has 16 heavy (non-hydrogen) atoms. The molecule has 0 radical (unpaired) electrons. The van der Waals surface area contributed by atoms with Crippen LogP contribution in [0.3, 0.4) is 0 Å². The Labute approximate surface area is 102 Å². The van der Waals surface area contributed by atoms with Gasteiger partial charge in [0.2, 0.25) is 0 Å². The number of piperazine rings is 3. The zero-order valence-electron chi connectivity index (χ0n) is 12.0. The predicted molar refractivity (Wildman–Crippen MR) is 72.1 cm³/mol. The van der Waals surface area contributed by atoms with Crippen LogP contribution in [0.1, 0.15) is 0 Å². The molecule has 3 rings (SSSR count). The van der Waals surface area contributed by atoms with Gasteiger partial charge >= 0.3 is 0 Å². The van der Waals surface area contributed by atoms with Crippen molar-refractivity contribution in [2.75, 3.05) is 81.6 Å². The van der Waals surface area contributed by atoms with Gasteiger partial charge in [0.05, 0.1) is 0 Å². The van der Waals surface area contributed by atoms with E-state index in [1.165, 1.54) is 39.3 Å². The van der Waals surface area contributed by atoms with Gasteiger partial charge in [-0.3, -0.25) is 9.80 Å². The highest BCUT2D eigenvalue weighted by atomic mass is 15.3. The van der Waals surface area contributed by atoms with Crippen LogP contribution in [0.15, 0.2) is 0 Å². The van der Waals surface area contributed by atoms with E-state index in [1.54, 1.807) is 0 Å².